The molecular weight excluding hydrogens is 202 g/mol. The molecule has 1 heterocycles. The zero-order valence-electron chi connectivity index (χ0n) is 9.29. The summed E-state index contributed by atoms with van der Waals surface area (Å²) in [4.78, 5) is 1.96. The number of anilines is 2. The standard InChI is InChI=1S/C12H13N3O/c1-15(10-6-4-3-5-7-10)11-8-9-12(16-2)14-13-11/h3-9H,1-2H3. The molecule has 82 valence electrons. The van der Waals surface area contributed by atoms with Gasteiger partial charge in [0.2, 0.25) is 5.88 Å². The van der Waals surface area contributed by atoms with Crippen LogP contribution in [0.25, 0.3) is 0 Å². The maximum atomic E-state index is 4.96. The zero-order chi connectivity index (χ0) is 11.4. The Balaban J connectivity index is 2.24. The SMILES string of the molecule is COc1ccc(N(C)c2ccccc2)nn1. The summed E-state index contributed by atoms with van der Waals surface area (Å²) in [6.45, 7) is 0. The van der Waals surface area contributed by atoms with Crippen molar-refractivity contribution < 1.29 is 4.74 Å². The lowest BCUT2D eigenvalue weighted by atomic mass is 10.3. The first-order valence-electron chi connectivity index (χ1n) is 4.98. The van der Waals surface area contributed by atoms with E-state index >= 15 is 0 Å². The summed E-state index contributed by atoms with van der Waals surface area (Å²) in [5.41, 5.74) is 1.07. The van der Waals surface area contributed by atoms with Gasteiger partial charge in [0, 0.05) is 18.8 Å². The Morgan fingerprint density at radius 3 is 2.31 bits per heavy atom. The van der Waals surface area contributed by atoms with Crippen LogP contribution in [0.4, 0.5) is 11.5 Å². The molecule has 4 heteroatoms. The van der Waals surface area contributed by atoms with Crippen molar-refractivity contribution in [2.75, 3.05) is 19.1 Å². The predicted octanol–water partition coefficient (Wildman–Crippen LogP) is 2.25. The minimum atomic E-state index is 0.519. The highest BCUT2D eigenvalue weighted by molar-refractivity contribution is 5.58. The summed E-state index contributed by atoms with van der Waals surface area (Å²) >= 11 is 0. The highest BCUT2D eigenvalue weighted by Crippen LogP contribution is 2.20. The summed E-state index contributed by atoms with van der Waals surface area (Å²) in [7, 11) is 3.52. The van der Waals surface area contributed by atoms with Crippen molar-refractivity contribution in [1.29, 1.82) is 0 Å². The third-order valence-electron chi connectivity index (χ3n) is 2.32. The molecule has 0 spiro atoms. The number of ether oxygens (including phenoxy) is 1. The highest BCUT2D eigenvalue weighted by atomic mass is 16.5. The van der Waals surface area contributed by atoms with Crippen molar-refractivity contribution in [1.82, 2.24) is 10.2 Å². The van der Waals surface area contributed by atoms with Crippen molar-refractivity contribution >= 4 is 11.5 Å². The van der Waals surface area contributed by atoms with Gasteiger partial charge in [-0.05, 0) is 18.2 Å². The minimum absolute atomic E-state index is 0.519. The van der Waals surface area contributed by atoms with Crippen molar-refractivity contribution in [2.45, 2.75) is 0 Å². The van der Waals surface area contributed by atoms with Gasteiger partial charge in [-0.1, -0.05) is 18.2 Å². The molecule has 0 bridgehead atoms. The first-order valence-corrected chi connectivity index (χ1v) is 4.98. The number of hydrogen-bond donors (Lipinski definition) is 0. The van der Waals surface area contributed by atoms with Crippen molar-refractivity contribution in [3.05, 3.63) is 42.5 Å². The van der Waals surface area contributed by atoms with E-state index in [9.17, 15) is 0 Å². The van der Waals surface area contributed by atoms with E-state index in [4.69, 9.17) is 4.74 Å². The average Bonchev–Trinajstić information content (AvgIpc) is 2.39. The molecule has 1 aromatic carbocycles. The normalized spacial score (nSPS) is 9.88. The Morgan fingerprint density at radius 2 is 1.75 bits per heavy atom. The molecule has 0 amide bonds. The van der Waals surface area contributed by atoms with Crippen LogP contribution in [0.2, 0.25) is 0 Å². The third-order valence-corrected chi connectivity index (χ3v) is 2.32. The zero-order valence-corrected chi connectivity index (χ0v) is 9.29. The summed E-state index contributed by atoms with van der Waals surface area (Å²) in [5.74, 6) is 1.30. The van der Waals surface area contributed by atoms with Gasteiger partial charge < -0.3 is 9.64 Å². The number of methoxy groups -OCH3 is 1. The van der Waals surface area contributed by atoms with Gasteiger partial charge in [0.25, 0.3) is 0 Å². The van der Waals surface area contributed by atoms with Gasteiger partial charge in [0.15, 0.2) is 5.82 Å². The minimum Gasteiger partial charge on any atom is -0.480 e. The monoisotopic (exact) mass is 215 g/mol. The lowest BCUT2D eigenvalue weighted by molar-refractivity contribution is 0.392. The van der Waals surface area contributed by atoms with E-state index in [1.807, 2.05) is 48.3 Å². The van der Waals surface area contributed by atoms with E-state index in [1.165, 1.54) is 0 Å². The van der Waals surface area contributed by atoms with Gasteiger partial charge in [0.1, 0.15) is 0 Å². The van der Waals surface area contributed by atoms with Gasteiger partial charge in [0.05, 0.1) is 7.11 Å². The largest absolute Gasteiger partial charge is 0.480 e. The molecule has 0 aliphatic rings. The van der Waals surface area contributed by atoms with Crippen LogP contribution < -0.4 is 9.64 Å². The van der Waals surface area contributed by atoms with E-state index < -0.39 is 0 Å². The molecule has 0 aliphatic carbocycles. The van der Waals surface area contributed by atoms with Crippen LogP contribution in [-0.4, -0.2) is 24.4 Å². The van der Waals surface area contributed by atoms with Crippen LogP contribution in [0, 0.1) is 0 Å². The molecule has 0 saturated carbocycles. The van der Waals surface area contributed by atoms with Crippen LogP contribution in [-0.2, 0) is 0 Å². The topological polar surface area (TPSA) is 38.2 Å². The second kappa shape index (κ2) is 4.61. The molecule has 0 fully saturated rings. The number of nitrogens with zero attached hydrogens (tertiary/aromatic N) is 3. The van der Waals surface area contributed by atoms with E-state index in [-0.39, 0.29) is 0 Å². The van der Waals surface area contributed by atoms with Crippen molar-refractivity contribution in [3.8, 4) is 5.88 Å². The highest BCUT2D eigenvalue weighted by Gasteiger charge is 2.05. The van der Waals surface area contributed by atoms with Crippen molar-refractivity contribution in [3.63, 3.8) is 0 Å². The Labute approximate surface area is 94.5 Å². The molecule has 0 unspecified atom stereocenters. The molecule has 2 rings (SSSR count). The smallest absolute Gasteiger partial charge is 0.233 e. The average molecular weight is 215 g/mol. The second-order valence-electron chi connectivity index (χ2n) is 3.33. The Hall–Kier alpha value is -2.10. The van der Waals surface area contributed by atoms with Gasteiger partial charge in [-0.2, -0.15) is 0 Å². The fourth-order valence-electron chi connectivity index (χ4n) is 1.38. The molecule has 1 aromatic heterocycles. The van der Waals surface area contributed by atoms with Crippen LogP contribution in [0.1, 0.15) is 0 Å². The fourth-order valence-corrected chi connectivity index (χ4v) is 1.38. The van der Waals surface area contributed by atoms with E-state index in [2.05, 4.69) is 10.2 Å². The summed E-state index contributed by atoms with van der Waals surface area (Å²) in [6, 6.07) is 13.7. The summed E-state index contributed by atoms with van der Waals surface area (Å²) in [6.07, 6.45) is 0. The van der Waals surface area contributed by atoms with Gasteiger partial charge >= 0.3 is 0 Å². The van der Waals surface area contributed by atoms with Crippen LogP contribution >= 0.6 is 0 Å². The summed E-state index contributed by atoms with van der Waals surface area (Å²) in [5, 5.41) is 8.01. The molecule has 0 aliphatic heterocycles. The van der Waals surface area contributed by atoms with Crippen molar-refractivity contribution in [2.24, 2.45) is 0 Å². The Bertz CT molecular complexity index is 442. The second-order valence-corrected chi connectivity index (χ2v) is 3.33. The molecule has 0 atom stereocenters. The lowest BCUT2D eigenvalue weighted by Crippen LogP contribution is -2.11. The van der Waals surface area contributed by atoms with Crippen LogP contribution in [0.3, 0.4) is 0 Å². The molecule has 2 aromatic rings. The van der Waals surface area contributed by atoms with E-state index in [1.54, 1.807) is 13.2 Å². The molecular formula is C12H13N3O. The number of para-hydroxylation sites is 1. The number of rotatable bonds is 3. The van der Waals surface area contributed by atoms with Crippen LogP contribution in [0.5, 0.6) is 5.88 Å². The van der Waals surface area contributed by atoms with E-state index in [0.717, 1.165) is 11.5 Å². The molecule has 0 N–H and O–H groups in total. The van der Waals surface area contributed by atoms with Gasteiger partial charge in [-0.15, -0.1) is 10.2 Å². The van der Waals surface area contributed by atoms with Crippen LogP contribution in [0.15, 0.2) is 42.5 Å². The first kappa shape index (κ1) is 10.4. The predicted molar refractivity (Wildman–Crippen MR) is 63.1 cm³/mol. The Morgan fingerprint density at radius 1 is 1.00 bits per heavy atom. The number of benzene rings is 1. The lowest BCUT2D eigenvalue weighted by Gasteiger charge is -2.17. The molecule has 4 nitrogen and oxygen atoms in total. The third kappa shape index (κ3) is 2.11. The van der Waals surface area contributed by atoms with Gasteiger partial charge in [-0.25, -0.2) is 0 Å². The summed E-state index contributed by atoms with van der Waals surface area (Å²) < 4.78 is 4.96. The number of hydrogen-bond acceptors (Lipinski definition) is 4. The van der Waals surface area contributed by atoms with Gasteiger partial charge in [-0.3, -0.25) is 0 Å². The maximum absolute atomic E-state index is 4.96. The molecule has 0 radical (unpaired) electrons. The molecule has 0 saturated heterocycles. The van der Waals surface area contributed by atoms with E-state index in [0.29, 0.717) is 5.88 Å². The first-order chi connectivity index (χ1) is 7.81. The quantitative estimate of drug-likeness (QED) is 0.787. The number of aromatic nitrogens is 2. The maximum Gasteiger partial charge on any atom is 0.233 e. The fraction of sp³-hybridized carbons (Fsp3) is 0.167. The Kier molecular flexibility index (Phi) is 3.00. The molecule has 16 heavy (non-hydrogen) atoms.